The van der Waals surface area contributed by atoms with Crippen LogP contribution in [0.2, 0.25) is 0 Å². The summed E-state index contributed by atoms with van der Waals surface area (Å²) in [5, 5.41) is 10.5. The quantitative estimate of drug-likeness (QED) is 0.879. The predicted octanol–water partition coefficient (Wildman–Crippen LogP) is 2.78. The summed E-state index contributed by atoms with van der Waals surface area (Å²) >= 11 is 0. The Kier molecular flexibility index (Phi) is 4.77. The number of nitrogens with two attached hydrogens (primary N) is 1. The summed E-state index contributed by atoms with van der Waals surface area (Å²) in [6, 6.07) is 15.6. The summed E-state index contributed by atoms with van der Waals surface area (Å²) in [6.45, 7) is 2.42. The number of aryl methyl sites for hydroxylation is 1. The molecular weight excluding hydrogens is 250 g/mol. The fourth-order valence-electron chi connectivity index (χ4n) is 2.29. The molecule has 0 aromatic heterocycles. The number of hydrogen-bond acceptors (Lipinski definition) is 3. The highest BCUT2D eigenvalue weighted by atomic mass is 16.5. The van der Waals surface area contributed by atoms with E-state index in [2.05, 4.69) is 0 Å². The second-order valence-corrected chi connectivity index (χ2v) is 4.97. The minimum absolute atomic E-state index is 0.122. The van der Waals surface area contributed by atoms with Gasteiger partial charge in [0, 0.05) is 12.5 Å². The molecule has 0 amide bonds. The summed E-state index contributed by atoms with van der Waals surface area (Å²) in [6.07, 6.45) is -0.603. The molecule has 3 N–H and O–H groups in total. The lowest BCUT2D eigenvalue weighted by Gasteiger charge is -2.22. The fraction of sp³-hybridized carbons (Fsp3) is 0.294. The zero-order chi connectivity index (χ0) is 14.5. The van der Waals surface area contributed by atoms with Gasteiger partial charge in [-0.15, -0.1) is 0 Å². The Balaban J connectivity index is 2.23. The Morgan fingerprint density at radius 3 is 2.05 bits per heavy atom. The number of aliphatic hydroxyl groups excluding tert-OH is 1. The number of ether oxygens (including phenoxy) is 1. The molecule has 0 bridgehead atoms. The molecule has 0 spiro atoms. The van der Waals surface area contributed by atoms with Crippen molar-refractivity contribution in [1.29, 1.82) is 0 Å². The molecule has 2 atom stereocenters. The molecule has 0 aliphatic carbocycles. The summed E-state index contributed by atoms with van der Waals surface area (Å²) in [4.78, 5) is 0. The minimum Gasteiger partial charge on any atom is -0.497 e. The Bertz CT molecular complexity index is 534. The van der Waals surface area contributed by atoms with Crippen LogP contribution in [0, 0.1) is 6.92 Å². The Morgan fingerprint density at radius 2 is 1.55 bits per heavy atom. The molecule has 2 unspecified atom stereocenters. The molecule has 0 saturated carbocycles. The van der Waals surface area contributed by atoms with Gasteiger partial charge in [-0.3, -0.25) is 0 Å². The number of hydrogen-bond donors (Lipinski definition) is 2. The maximum Gasteiger partial charge on any atom is 0.118 e. The molecule has 20 heavy (non-hydrogen) atoms. The van der Waals surface area contributed by atoms with Gasteiger partial charge in [-0.25, -0.2) is 0 Å². The minimum atomic E-state index is -0.603. The van der Waals surface area contributed by atoms with Crippen LogP contribution in [0.1, 0.15) is 28.7 Å². The first-order chi connectivity index (χ1) is 9.65. The van der Waals surface area contributed by atoms with Crippen molar-refractivity contribution in [2.45, 2.75) is 18.9 Å². The first kappa shape index (κ1) is 14.6. The van der Waals surface area contributed by atoms with Crippen molar-refractivity contribution in [1.82, 2.24) is 0 Å². The second kappa shape index (κ2) is 6.55. The van der Waals surface area contributed by atoms with E-state index in [1.165, 1.54) is 5.56 Å². The van der Waals surface area contributed by atoms with E-state index in [1.54, 1.807) is 7.11 Å². The molecule has 2 rings (SSSR count). The largest absolute Gasteiger partial charge is 0.497 e. The lowest BCUT2D eigenvalue weighted by molar-refractivity contribution is 0.147. The van der Waals surface area contributed by atoms with Crippen LogP contribution in [-0.4, -0.2) is 18.8 Å². The SMILES string of the molecule is COc1ccc(C(CN)C(O)c2ccc(C)cc2)cc1. The van der Waals surface area contributed by atoms with Crippen molar-refractivity contribution in [3.63, 3.8) is 0 Å². The van der Waals surface area contributed by atoms with Gasteiger partial charge in [-0.1, -0.05) is 42.0 Å². The third kappa shape index (κ3) is 3.18. The Hall–Kier alpha value is -1.84. The summed E-state index contributed by atoms with van der Waals surface area (Å²) in [5.74, 6) is 0.679. The highest BCUT2D eigenvalue weighted by Gasteiger charge is 2.21. The van der Waals surface area contributed by atoms with Crippen LogP contribution in [-0.2, 0) is 0 Å². The van der Waals surface area contributed by atoms with Crippen LogP contribution in [0.4, 0.5) is 0 Å². The molecule has 0 aliphatic rings. The topological polar surface area (TPSA) is 55.5 Å². The number of benzene rings is 2. The van der Waals surface area contributed by atoms with Gasteiger partial charge in [0.15, 0.2) is 0 Å². The maximum atomic E-state index is 10.5. The first-order valence-corrected chi connectivity index (χ1v) is 6.74. The van der Waals surface area contributed by atoms with Gasteiger partial charge in [0.2, 0.25) is 0 Å². The van der Waals surface area contributed by atoms with Gasteiger partial charge in [-0.2, -0.15) is 0 Å². The van der Waals surface area contributed by atoms with E-state index in [0.29, 0.717) is 6.54 Å². The molecule has 106 valence electrons. The molecule has 3 nitrogen and oxygen atoms in total. The summed E-state index contributed by atoms with van der Waals surface area (Å²) in [5.41, 5.74) is 8.93. The van der Waals surface area contributed by atoms with Gasteiger partial charge in [0.1, 0.15) is 5.75 Å². The third-order valence-corrected chi connectivity index (χ3v) is 3.60. The van der Waals surface area contributed by atoms with Crippen LogP contribution < -0.4 is 10.5 Å². The van der Waals surface area contributed by atoms with E-state index >= 15 is 0 Å². The number of aliphatic hydroxyl groups is 1. The Morgan fingerprint density at radius 1 is 1.00 bits per heavy atom. The van der Waals surface area contributed by atoms with Gasteiger partial charge in [-0.05, 0) is 30.2 Å². The van der Waals surface area contributed by atoms with Crippen molar-refractivity contribution in [2.24, 2.45) is 5.73 Å². The van der Waals surface area contributed by atoms with E-state index in [4.69, 9.17) is 10.5 Å². The van der Waals surface area contributed by atoms with Crippen LogP contribution in [0.25, 0.3) is 0 Å². The molecule has 0 heterocycles. The normalized spacial score (nSPS) is 13.8. The lowest BCUT2D eigenvalue weighted by Crippen LogP contribution is -2.20. The van der Waals surface area contributed by atoms with Crippen LogP contribution >= 0.6 is 0 Å². The fourth-order valence-corrected chi connectivity index (χ4v) is 2.29. The molecule has 2 aromatic carbocycles. The van der Waals surface area contributed by atoms with Gasteiger partial charge < -0.3 is 15.6 Å². The molecule has 3 heteroatoms. The van der Waals surface area contributed by atoms with E-state index in [0.717, 1.165) is 16.9 Å². The van der Waals surface area contributed by atoms with Crippen molar-refractivity contribution in [2.75, 3.05) is 13.7 Å². The maximum absolute atomic E-state index is 10.5. The van der Waals surface area contributed by atoms with Crippen LogP contribution in [0.15, 0.2) is 48.5 Å². The highest BCUT2D eigenvalue weighted by Crippen LogP contribution is 2.31. The predicted molar refractivity (Wildman–Crippen MR) is 80.9 cm³/mol. The summed E-state index contributed by atoms with van der Waals surface area (Å²) in [7, 11) is 1.64. The van der Waals surface area contributed by atoms with E-state index in [-0.39, 0.29) is 5.92 Å². The molecule has 0 fully saturated rings. The highest BCUT2D eigenvalue weighted by molar-refractivity contribution is 5.33. The second-order valence-electron chi connectivity index (χ2n) is 4.97. The van der Waals surface area contributed by atoms with E-state index < -0.39 is 6.10 Å². The van der Waals surface area contributed by atoms with Gasteiger partial charge >= 0.3 is 0 Å². The van der Waals surface area contributed by atoms with E-state index in [9.17, 15) is 5.11 Å². The van der Waals surface area contributed by atoms with Crippen LogP contribution in [0.5, 0.6) is 5.75 Å². The molecule has 0 aliphatic heterocycles. The smallest absolute Gasteiger partial charge is 0.118 e. The van der Waals surface area contributed by atoms with Gasteiger partial charge in [0.25, 0.3) is 0 Å². The zero-order valence-electron chi connectivity index (χ0n) is 11.9. The Labute approximate surface area is 120 Å². The first-order valence-electron chi connectivity index (χ1n) is 6.74. The molecule has 2 aromatic rings. The average molecular weight is 271 g/mol. The average Bonchev–Trinajstić information content (AvgIpc) is 2.49. The number of rotatable bonds is 5. The van der Waals surface area contributed by atoms with Crippen molar-refractivity contribution in [3.8, 4) is 5.75 Å². The molecular formula is C17H21NO2. The monoisotopic (exact) mass is 271 g/mol. The van der Waals surface area contributed by atoms with Crippen LogP contribution in [0.3, 0.4) is 0 Å². The van der Waals surface area contributed by atoms with Crippen molar-refractivity contribution >= 4 is 0 Å². The lowest BCUT2D eigenvalue weighted by atomic mass is 9.89. The van der Waals surface area contributed by atoms with Crippen molar-refractivity contribution in [3.05, 3.63) is 65.2 Å². The standard InChI is InChI=1S/C17H21NO2/c1-12-3-5-14(6-4-12)17(19)16(11-18)13-7-9-15(20-2)10-8-13/h3-10,16-17,19H,11,18H2,1-2H3. The number of methoxy groups -OCH3 is 1. The molecule has 0 radical (unpaired) electrons. The van der Waals surface area contributed by atoms with Gasteiger partial charge in [0.05, 0.1) is 13.2 Å². The third-order valence-electron chi connectivity index (χ3n) is 3.60. The summed E-state index contributed by atoms with van der Waals surface area (Å²) < 4.78 is 5.15. The zero-order valence-corrected chi connectivity index (χ0v) is 11.9. The van der Waals surface area contributed by atoms with E-state index in [1.807, 2.05) is 55.5 Å². The molecule has 0 saturated heterocycles. The van der Waals surface area contributed by atoms with Crippen molar-refractivity contribution < 1.29 is 9.84 Å².